The fourth-order valence-electron chi connectivity index (χ4n) is 4.46. The van der Waals surface area contributed by atoms with Crippen LogP contribution in [0.2, 0.25) is 0 Å². The van der Waals surface area contributed by atoms with Crippen molar-refractivity contribution < 1.29 is 14.0 Å². The molecule has 1 aromatic carbocycles. The number of carbonyl (C=O) groups excluding carboxylic acids is 2. The van der Waals surface area contributed by atoms with Gasteiger partial charge in [-0.1, -0.05) is 0 Å². The van der Waals surface area contributed by atoms with Crippen molar-refractivity contribution >= 4 is 40.6 Å². The lowest BCUT2D eigenvalue weighted by Gasteiger charge is -2.24. The standard InChI is InChI=1S/C27H33FN4O2S/c1-20(33)21-5-9-23(10-6-21)30-27(34)29-13-2-3-14-31-15-4-16-32(18-17-31)25-19-35-26-12-8-22(28)7-11-24(25)26/h5-11,19H,2-4,12-18H2,1H3,(H2,29,30,34). The smallest absolute Gasteiger partial charge is 0.319 e. The summed E-state index contributed by atoms with van der Waals surface area (Å²) in [5.41, 5.74) is 3.70. The average Bonchev–Trinajstić information content (AvgIpc) is 2.98. The quantitative estimate of drug-likeness (QED) is 0.375. The molecule has 35 heavy (non-hydrogen) atoms. The highest BCUT2D eigenvalue weighted by molar-refractivity contribution is 7.10. The zero-order valence-corrected chi connectivity index (χ0v) is 21.0. The van der Waals surface area contributed by atoms with Crippen LogP contribution in [0.1, 0.15) is 47.0 Å². The van der Waals surface area contributed by atoms with E-state index < -0.39 is 0 Å². The molecule has 0 unspecified atom stereocenters. The van der Waals surface area contributed by atoms with Crippen LogP contribution in [0.25, 0.3) is 6.08 Å². The Labute approximate surface area is 210 Å². The molecule has 186 valence electrons. The van der Waals surface area contributed by atoms with Crippen LogP contribution >= 0.6 is 11.3 Å². The molecular weight excluding hydrogens is 463 g/mol. The van der Waals surface area contributed by atoms with Crippen LogP contribution in [0.4, 0.5) is 20.6 Å². The minimum atomic E-state index is -0.231. The first-order valence-electron chi connectivity index (χ1n) is 12.3. The molecule has 0 spiro atoms. The molecule has 2 aliphatic rings. The van der Waals surface area contributed by atoms with Crippen LogP contribution < -0.4 is 15.5 Å². The van der Waals surface area contributed by atoms with Gasteiger partial charge in [-0.05, 0) is 81.8 Å². The Morgan fingerprint density at radius 2 is 1.89 bits per heavy atom. The first kappa shape index (κ1) is 25.1. The molecule has 0 atom stereocenters. The van der Waals surface area contributed by atoms with Crippen molar-refractivity contribution in [2.24, 2.45) is 0 Å². The van der Waals surface area contributed by atoms with Gasteiger partial charge in [-0.15, -0.1) is 11.3 Å². The number of fused-ring (bicyclic) bond motifs is 1. The number of ketones is 1. The summed E-state index contributed by atoms with van der Waals surface area (Å²) in [6.07, 6.45) is 8.85. The summed E-state index contributed by atoms with van der Waals surface area (Å²) in [7, 11) is 0. The van der Waals surface area contributed by atoms with Crippen molar-refractivity contribution in [3.8, 4) is 0 Å². The number of urea groups is 1. The van der Waals surface area contributed by atoms with Gasteiger partial charge in [-0.3, -0.25) is 4.79 Å². The highest BCUT2D eigenvalue weighted by atomic mass is 32.1. The maximum absolute atomic E-state index is 13.7. The highest BCUT2D eigenvalue weighted by Gasteiger charge is 2.20. The van der Waals surface area contributed by atoms with Crippen LogP contribution in [-0.4, -0.2) is 56.0 Å². The van der Waals surface area contributed by atoms with Crippen molar-refractivity contribution in [1.29, 1.82) is 0 Å². The Kier molecular flexibility index (Phi) is 8.71. The lowest BCUT2D eigenvalue weighted by Crippen LogP contribution is -2.32. The van der Waals surface area contributed by atoms with Crippen molar-refractivity contribution in [1.82, 2.24) is 10.2 Å². The number of benzene rings is 1. The topological polar surface area (TPSA) is 64.7 Å². The van der Waals surface area contributed by atoms with E-state index in [2.05, 4.69) is 25.8 Å². The van der Waals surface area contributed by atoms with Gasteiger partial charge in [0.1, 0.15) is 5.83 Å². The zero-order chi connectivity index (χ0) is 24.6. The molecule has 2 aromatic rings. The number of Topliss-reactive ketones (excluding diaryl/α,β-unsaturated/α-hetero) is 1. The van der Waals surface area contributed by atoms with Gasteiger partial charge in [0.2, 0.25) is 0 Å². The summed E-state index contributed by atoms with van der Waals surface area (Å²) < 4.78 is 13.7. The minimum Gasteiger partial charge on any atom is -0.369 e. The normalized spacial score (nSPS) is 16.2. The van der Waals surface area contributed by atoms with E-state index in [9.17, 15) is 14.0 Å². The summed E-state index contributed by atoms with van der Waals surface area (Å²) in [5, 5.41) is 7.92. The van der Waals surface area contributed by atoms with Gasteiger partial charge in [0, 0.05) is 59.7 Å². The number of unbranched alkanes of at least 4 members (excludes halogenated alkanes) is 1. The first-order chi connectivity index (χ1) is 17.0. The Bertz CT molecular complexity index is 1090. The summed E-state index contributed by atoms with van der Waals surface area (Å²) in [5.74, 6) is -0.151. The summed E-state index contributed by atoms with van der Waals surface area (Å²) in [6.45, 7) is 7.21. The second-order valence-electron chi connectivity index (χ2n) is 8.99. The third-order valence-corrected chi connectivity index (χ3v) is 7.46. The molecule has 1 fully saturated rings. The van der Waals surface area contributed by atoms with Crippen LogP contribution in [0.15, 0.2) is 47.6 Å². The summed E-state index contributed by atoms with van der Waals surface area (Å²) in [4.78, 5) is 29.6. The summed E-state index contributed by atoms with van der Waals surface area (Å²) >= 11 is 1.72. The van der Waals surface area contributed by atoms with Crippen LogP contribution in [-0.2, 0) is 6.42 Å². The summed E-state index contributed by atoms with van der Waals surface area (Å²) in [6, 6.07) is 6.66. The predicted molar refractivity (Wildman–Crippen MR) is 142 cm³/mol. The predicted octanol–water partition coefficient (Wildman–Crippen LogP) is 5.49. The Morgan fingerprint density at radius 3 is 2.69 bits per heavy atom. The van der Waals surface area contributed by atoms with E-state index in [1.807, 2.05) is 6.08 Å². The maximum atomic E-state index is 13.7. The van der Waals surface area contributed by atoms with Gasteiger partial charge in [0.15, 0.2) is 5.78 Å². The monoisotopic (exact) mass is 496 g/mol. The Morgan fingerprint density at radius 1 is 1.06 bits per heavy atom. The van der Waals surface area contributed by atoms with E-state index in [1.54, 1.807) is 47.8 Å². The van der Waals surface area contributed by atoms with Gasteiger partial charge in [0.05, 0.1) is 5.69 Å². The number of hydrogen-bond acceptors (Lipinski definition) is 5. The van der Waals surface area contributed by atoms with E-state index in [0.717, 1.165) is 52.0 Å². The van der Waals surface area contributed by atoms with Gasteiger partial charge < -0.3 is 20.4 Å². The SMILES string of the molecule is CC(=O)c1ccc(NC(=O)NCCCCN2CCCN(c3csc4c3C=CC(F)=CC4)CC2)cc1. The number of halogens is 1. The number of nitrogens with one attached hydrogen (secondary N) is 2. The maximum Gasteiger partial charge on any atom is 0.319 e. The van der Waals surface area contributed by atoms with E-state index in [1.165, 1.54) is 23.1 Å². The van der Waals surface area contributed by atoms with Crippen LogP contribution in [0.3, 0.4) is 0 Å². The largest absolute Gasteiger partial charge is 0.369 e. The average molecular weight is 497 g/mol. The zero-order valence-electron chi connectivity index (χ0n) is 20.2. The molecule has 1 aliphatic carbocycles. The number of nitrogens with zero attached hydrogens (tertiary/aromatic N) is 2. The molecule has 1 aliphatic heterocycles. The molecule has 6 nitrogen and oxygen atoms in total. The van der Waals surface area contributed by atoms with Crippen LogP contribution in [0.5, 0.6) is 0 Å². The van der Waals surface area contributed by atoms with E-state index in [-0.39, 0.29) is 17.6 Å². The molecule has 8 heteroatoms. The number of rotatable bonds is 8. The molecule has 2 heterocycles. The van der Waals surface area contributed by atoms with Crippen LogP contribution in [0, 0.1) is 0 Å². The lowest BCUT2D eigenvalue weighted by molar-refractivity contribution is 0.101. The van der Waals surface area contributed by atoms with E-state index in [0.29, 0.717) is 24.2 Å². The second kappa shape index (κ2) is 12.1. The first-order valence-corrected chi connectivity index (χ1v) is 13.1. The molecule has 0 saturated carbocycles. The van der Waals surface area contributed by atoms with Crippen molar-refractivity contribution in [2.45, 2.75) is 32.6 Å². The van der Waals surface area contributed by atoms with E-state index >= 15 is 0 Å². The highest BCUT2D eigenvalue weighted by Crippen LogP contribution is 2.35. The number of anilines is 2. The Hall–Kier alpha value is -2.97. The number of carbonyl (C=O) groups is 2. The number of hydrogen-bond donors (Lipinski definition) is 2. The van der Waals surface area contributed by atoms with Gasteiger partial charge in [-0.25, -0.2) is 9.18 Å². The Balaban J connectivity index is 1.15. The number of amides is 2. The second-order valence-corrected chi connectivity index (χ2v) is 9.95. The molecule has 0 bridgehead atoms. The van der Waals surface area contributed by atoms with Gasteiger partial charge >= 0.3 is 6.03 Å². The van der Waals surface area contributed by atoms with Gasteiger partial charge in [-0.2, -0.15) is 0 Å². The molecule has 1 saturated heterocycles. The van der Waals surface area contributed by atoms with Gasteiger partial charge in [0.25, 0.3) is 0 Å². The molecule has 4 rings (SSSR count). The minimum absolute atomic E-state index is 0.00490. The number of thiophene rings is 1. The molecule has 2 amide bonds. The molecule has 2 N–H and O–H groups in total. The van der Waals surface area contributed by atoms with Crippen molar-refractivity contribution in [3.05, 3.63) is 63.6 Å². The third-order valence-electron chi connectivity index (χ3n) is 6.45. The molecule has 0 radical (unpaired) electrons. The molecular formula is C27H33FN4O2S. The third kappa shape index (κ3) is 7.02. The lowest BCUT2D eigenvalue weighted by atomic mass is 10.1. The molecule has 1 aromatic heterocycles. The van der Waals surface area contributed by atoms with E-state index in [4.69, 9.17) is 0 Å². The van der Waals surface area contributed by atoms with Crippen molar-refractivity contribution in [2.75, 3.05) is 49.5 Å². The fraction of sp³-hybridized carbons (Fsp3) is 0.407. The fourth-order valence-corrected chi connectivity index (χ4v) is 5.47. The number of allylic oxidation sites excluding steroid dienone is 3. The van der Waals surface area contributed by atoms with Crippen molar-refractivity contribution in [3.63, 3.8) is 0 Å².